The highest BCUT2D eigenvalue weighted by Gasteiger charge is 2.29. The van der Waals surface area contributed by atoms with Crippen molar-refractivity contribution in [3.63, 3.8) is 0 Å². The van der Waals surface area contributed by atoms with E-state index in [4.69, 9.17) is 4.74 Å². The molecule has 0 aliphatic heterocycles. The van der Waals surface area contributed by atoms with Gasteiger partial charge < -0.3 is 14.9 Å². The van der Waals surface area contributed by atoms with Gasteiger partial charge in [0.2, 0.25) is 0 Å². The highest BCUT2D eigenvalue weighted by molar-refractivity contribution is 5.72. The molecule has 4 nitrogen and oxygen atoms in total. The van der Waals surface area contributed by atoms with Crippen molar-refractivity contribution in [2.24, 2.45) is 11.8 Å². The number of carbonyl (C=O) groups is 1. The van der Waals surface area contributed by atoms with Crippen molar-refractivity contribution in [3.8, 4) is 0 Å². The molecule has 4 atom stereocenters. The molecule has 0 radical (unpaired) electrons. The molecule has 2 unspecified atom stereocenters. The molecule has 0 saturated heterocycles. The Bertz CT molecular complexity index is 460. The van der Waals surface area contributed by atoms with Gasteiger partial charge in [0.05, 0.1) is 24.7 Å². The van der Waals surface area contributed by atoms with Crippen LogP contribution in [-0.4, -0.2) is 35.0 Å². The van der Waals surface area contributed by atoms with Gasteiger partial charge in [0.1, 0.15) is 0 Å². The number of hydrogen-bond donors (Lipinski definition) is 2. The van der Waals surface area contributed by atoms with Crippen LogP contribution in [0.25, 0.3) is 0 Å². The monoisotopic (exact) mass is 410 g/mol. The maximum absolute atomic E-state index is 12.0. The Kier molecular flexibility index (Phi) is 14.3. The van der Waals surface area contributed by atoms with Crippen LogP contribution >= 0.6 is 0 Å². The van der Waals surface area contributed by atoms with E-state index in [-0.39, 0.29) is 30.0 Å². The lowest BCUT2D eigenvalue weighted by Gasteiger charge is -2.18. The number of unbranched alkanes of at least 4 members (excludes halogenated alkanes) is 4. The average molecular weight is 411 g/mol. The highest BCUT2D eigenvalue weighted by Crippen LogP contribution is 2.36. The maximum atomic E-state index is 12.0. The largest absolute Gasteiger partial charge is 0.466 e. The summed E-state index contributed by atoms with van der Waals surface area (Å²) in [6, 6.07) is 0. The van der Waals surface area contributed by atoms with Crippen LogP contribution in [0.5, 0.6) is 0 Å². The van der Waals surface area contributed by atoms with Crippen molar-refractivity contribution >= 4 is 5.97 Å². The van der Waals surface area contributed by atoms with Gasteiger partial charge in [-0.15, -0.1) is 0 Å². The van der Waals surface area contributed by atoms with Crippen molar-refractivity contribution < 1.29 is 19.7 Å². The second kappa shape index (κ2) is 15.9. The molecule has 0 spiro atoms. The van der Waals surface area contributed by atoms with Crippen molar-refractivity contribution in [2.45, 2.75) is 123 Å². The van der Waals surface area contributed by atoms with Crippen LogP contribution in [0.2, 0.25) is 0 Å². The highest BCUT2D eigenvalue weighted by atomic mass is 16.5. The first-order chi connectivity index (χ1) is 14.0. The van der Waals surface area contributed by atoms with E-state index in [1.807, 2.05) is 6.92 Å². The van der Waals surface area contributed by atoms with E-state index in [1.54, 1.807) is 0 Å². The molecular formula is C25H46O4. The molecule has 0 heterocycles. The molecule has 2 N–H and O–H groups in total. The minimum atomic E-state index is -0.245. The Hall–Kier alpha value is -0.870. The van der Waals surface area contributed by atoms with Crippen LogP contribution < -0.4 is 0 Å². The number of esters is 1. The van der Waals surface area contributed by atoms with Crippen LogP contribution in [0.4, 0.5) is 0 Å². The summed E-state index contributed by atoms with van der Waals surface area (Å²) in [5.41, 5.74) is 1.35. The first-order valence-corrected chi connectivity index (χ1v) is 12.2. The zero-order valence-corrected chi connectivity index (χ0v) is 19.2. The number of hydrogen-bond acceptors (Lipinski definition) is 4. The molecule has 1 saturated carbocycles. The molecule has 4 heteroatoms. The van der Waals surface area contributed by atoms with Gasteiger partial charge in [-0.05, 0) is 51.9 Å². The minimum absolute atomic E-state index is 0.0386. The van der Waals surface area contributed by atoms with E-state index in [0.717, 1.165) is 77.0 Å². The van der Waals surface area contributed by atoms with Gasteiger partial charge in [0, 0.05) is 5.92 Å². The fourth-order valence-electron chi connectivity index (χ4n) is 4.54. The van der Waals surface area contributed by atoms with Gasteiger partial charge in [-0.3, -0.25) is 4.79 Å². The standard InChI is InChI=1S/C25H46O4/c1-4-7-9-14-22(26)18-16-20-17-19-24(27)23(20)15-11-8-10-13-21(12-5-2)25(28)29-6-3/h16,21-24,26-27H,4-15,17-19H2,1-3H3/t21?,22?,23-,24-/m1/s1. The lowest BCUT2D eigenvalue weighted by molar-refractivity contribution is -0.148. The van der Waals surface area contributed by atoms with Gasteiger partial charge in [-0.2, -0.15) is 0 Å². The molecule has 1 rings (SSSR count). The predicted octanol–water partition coefficient (Wildman–Crippen LogP) is 5.94. The maximum Gasteiger partial charge on any atom is 0.308 e. The molecule has 1 aliphatic rings. The fraction of sp³-hybridized carbons (Fsp3) is 0.880. The smallest absolute Gasteiger partial charge is 0.308 e. The Labute approximate surface area is 179 Å². The average Bonchev–Trinajstić information content (AvgIpc) is 3.05. The van der Waals surface area contributed by atoms with Gasteiger partial charge >= 0.3 is 5.97 Å². The van der Waals surface area contributed by atoms with Crippen LogP contribution in [0.15, 0.2) is 11.6 Å². The number of aliphatic hydroxyl groups excluding tert-OH is 2. The summed E-state index contributed by atoms with van der Waals surface area (Å²) in [5, 5.41) is 20.5. The molecule has 170 valence electrons. The first kappa shape index (κ1) is 26.2. The van der Waals surface area contributed by atoms with Crippen molar-refractivity contribution in [3.05, 3.63) is 11.6 Å². The SMILES string of the molecule is CCCCCC(O)CC=C1CC[C@@H](O)[C@@H]1CCCCCC(CCC)C(=O)OCC. The van der Waals surface area contributed by atoms with Crippen LogP contribution in [0.3, 0.4) is 0 Å². The zero-order chi connectivity index (χ0) is 21.5. The Morgan fingerprint density at radius 2 is 1.83 bits per heavy atom. The third-order valence-corrected chi connectivity index (χ3v) is 6.29. The summed E-state index contributed by atoms with van der Waals surface area (Å²) in [6.07, 6.45) is 15.7. The minimum Gasteiger partial charge on any atom is -0.466 e. The number of ether oxygens (including phenoxy) is 1. The van der Waals surface area contributed by atoms with Gasteiger partial charge in [-0.25, -0.2) is 0 Å². The second-order valence-electron chi connectivity index (χ2n) is 8.75. The zero-order valence-electron chi connectivity index (χ0n) is 19.2. The lowest BCUT2D eigenvalue weighted by Crippen LogP contribution is -2.18. The summed E-state index contributed by atoms with van der Waals surface area (Å²) in [6.45, 7) is 6.62. The van der Waals surface area contributed by atoms with E-state index in [9.17, 15) is 15.0 Å². The van der Waals surface area contributed by atoms with E-state index in [1.165, 1.54) is 18.4 Å². The van der Waals surface area contributed by atoms with Crippen LogP contribution in [0, 0.1) is 11.8 Å². The first-order valence-electron chi connectivity index (χ1n) is 12.2. The van der Waals surface area contributed by atoms with Gasteiger partial charge in [-0.1, -0.05) is 70.4 Å². The van der Waals surface area contributed by atoms with Gasteiger partial charge in [0.15, 0.2) is 0 Å². The van der Waals surface area contributed by atoms with E-state index in [0.29, 0.717) is 6.61 Å². The molecule has 0 amide bonds. The topological polar surface area (TPSA) is 66.8 Å². The second-order valence-corrected chi connectivity index (χ2v) is 8.75. The Morgan fingerprint density at radius 1 is 1.07 bits per heavy atom. The summed E-state index contributed by atoms with van der Waals surface area (Å²) >= 11 is 0. The van der Waals surface area contributed by atoms with E-state index in [2.05, 4.69) is 19.9 Å². The molecule has 1 aliphatic carbocycles. The molecule has 0 aromatic rings. The van der Waals surface area contributed by atoms with E-state index < -0.39 is 0 Å². The third-order valence-electron chi connectivity index (χ3n) is 6.29. The summed E-state index contributed by atoms with van der Waals surface area (Å²) < 4.78 is 5.20. The summed E-state index contributed by atoms with van der Waals surface area (Å²) in [5.74, 6) is 0.263. The number of rotatable bonds is 16. The van der Waals surface area contributed by atoms with E-state index >= 15 is 0 Å². The predicted molar refractivity (Wildman–Crippen MR) is 120 cm³/mol. The van der Waals surface area contributed by atoms with Crippen molar-refractivity contribution in [2.75, 3.05) is 6.61 Å². The van der Waals surface area contributed by atoms with Crippen molar-refractivity contribution in [1.82, 2.24) is 0 Å². The van der Waals surface area contributed by atoms with Gasteiger partial charge in [0.25, 0.3) is 0 Å². The molecule has 1 fully saturated rings. The lowest BCUT2D eigenvalue weighted by atomic mass is 9.91. The number of aliphatic hydroxyl groups is 2. The third kappa shape index (κ3) is 10.6. The van der Waals surface area contributed by atoms with Crippen LogP contribution in [0.1, 0.15) is 111 Å². The molecule has 29 heavy (non-hydrogen) atoms. The summed E-state index contributed by atoms with van der Waals surface area (Å²) in [4.78, 5) is 12.0. The number of carbonyl (C=O) groups excluding carboxylic acids is 1. The van der Waals surface area contributed by atoms with Crippen molar-refractivity contribution in [1.29, 1.82) is 0 Å². The molecule has 0 aromatic heterocycles. The Balaban J connectivity index is 2.34. The normalized spacial score (nSPS) is 22.7. The van der Waals surface area contributed by atoms with Crippen LogP contribution in [-0.2, 0) is 9.53 Å². The molecule has 0 aromatic carbocycles. The summed E-state index contributed by atoms with van der Waals surface area (Å²) in [7, 11) is 0. The fourth-order valence-corrected chi connectivity index (χ4v) is 4.54. The molecule has 0 bridgehead atoms. The quantitative estimate of drug-likeness (QED) is 0.188. The Morgan fingerprint density at radius 3 is 2.52 bits per heavy atom. The molecular weight excluding hydrogens is 364 g/mol.